The minimum atomic E-state index is -0.340. The summed E-state index contributed by atoms with van der Waals surface area (Å²) >= 11 is 1.63. The standard InChI is InChI=1S/C19H22N2O2S/c22-18(23-14-19-7-10-21(11-8-19)12-9-19)20-16-6-13-24-17(16)15-4-2-1-3-5-15/h1-6,13H,7-12,14H2,(H,20,22). The molecule has 3 aliphatic heterocycles. The first kappa shape index (κ1) is 15.7. The van der Waals surface area contributed by atoms with Gasteiger partial charge in [0.2, 0.25) is 0 Å². The fourth-order valence-electron chi connectivity index (χ4n) is 3.70. The first-order chi connectivity index (χ1) is 11.7. The van der Waals surface area contributed by atoms with E-state index in [4.69, 9.17) is 4.74 Å². The number of rotatable bonds is 4. The number of benzene rings is 1. The third-order valence-electron chi connectivity index (χ3n) is 5.32. The lowest BCUT2D eigenvalue weighted by atomic mass is 9.73. The Morgan fingerprint density at radius 1 is 1.12 bits per heavy atom. The van der Waals surface area contributed by atoms with Crippen LogP contribution in [0, 0.1) is 5.41 Å². The number of nitrogens with zero attached hydrogens (tertiary/aromatic N) is 1. The molecular weight excluding hydrogens is 320 g/mol. The number of hydrogen-bond donors (Lipinski definition) is 1. The number of ether oxygens (including phenoxy) is 1. The molecule has 0 saturated carbocycles. The minimum Gasteiger partial charge on any atom is -0.449 e. The summed E-state index contributed by atoms with van der Waals surface area (Å²) in [4.78, 5) is 15.8. The van der Waals surface area contributed by atoms with E-state index in [0.29, 0.717) is 6.61 Å². The largest absolute Gasteiger partial charge is 0.449 e. The van der Waals surface area contributed by atoms with Crippen molar-refractivity contribution in [2.75, 3.05) is 31.6 Å². The zero-order valence-electron chi connectivity index (χ0n) is 13.7. The zero-order chi connectivity index (χ0) is 16.4. The van der Waals surface area contributed by atoms with Crippen molar-refractivity contribution in [3.63, 3.8) is 0 Å². The first-order valence-corrected chi connectivity index (χ1v) is 9.41. The van der Waals surface area contributed by atoms with E-state index in [2.05, 4.69) is 22.3 Å². The van der Waals surface area contributed by atoms with Gasteiger partial charge >= 0.3 is 6.09 Å². The summed E-state index contributed by atoms with van der Waals surface area (Å²) in [6.45, 7) is 3.98. The molecule has 0 spiro atoms. The van der Waals surface area contributed by atoms with Crippen LogP contribution in [0.1, 0.15) is 19.3 Å². The highest BCUT2D eigenvalue weighted by molar-refractivity contribution is 7.14. The fraction of sp³-hybridized carbons (Fsp3) is 0.421. The summed E-state index contributed by atoms with van der Waals surface area (Å²) in [7, 11) is 0. The zero-order valence-corrected chi connectivity index (χ0v) is 14.5. The van der Waals surface area contributed by atoms with Gasteiger partial charge < -0.3 is 9.64 Å². The average Bonchev–Trinajstić information content (AvgIpc) is 3.10. The molecule has 4 heterocycles. The van der Waals surface area contributed by atoms with Crippen molar-refractivity contribution in [3.8, 4) is 10.4 Å². The van der Waals surface area contributed by atoms with E-state index in [1.54, 1.807) is 11.3 Å². The Morgan fingerprint density at radius 2 is 1.83 bits per heavy atom. The summed E-state index contributed by atoms with van der Waals surface area (Å²) < 4.78 is 5.60. The minimum absolute atomic E-state index is 0.211. The van der Waals surface area contributed by atoms with Gasteiger partial charge in [0.25, 0.3) is 0 Å². The maximum atomic E-state index is 12.3. The molecule has 3 aliphatic rings. The van der Waals surface area contributed by atoms with Crippen LogP contribution in [0.2, 0.25) is 0 Å². The maximum Gasteiger partial charge on any atom is 0.411 e. The van der Waals surface area contributed by atoms with Crippen LogP contribution in [0.3, 0.4) is 0 Å². The van der Waals surface area contributed by atoms with Crippen LogP contribution in [-0.4, -0.2) is 37.2 Å². The van der Waals surface area contributed by atoms with Gasteiger partial charge in [0.1, 0.15) is 0 Å². The van der Waals surface area contributed by atoms with E-state index in [-0.39, 0.29) is 11.5 Å². The monoisotopic (exact) mass is 342 g/mol. The number of hydrogen-bond acceptors (Lipinski definition) is 4. The summed E-state index contributed by atoms with van der Waals surface area (Å²) in [5, 5.41) is 4.92. The van der Waals surface area contributed by atoms with Crippen molar-refractivity contribution in [2.45, 2.75) is 19.3 Å². The molecule has 5 heteroatoms. The van der Waals surface area contributed by atoms with E-state index < -0.39 is 0 Å². The Kier molecular flexibility index (Phi) is 4.29. The molecule has 2 bridgehead atoms. The number of piperidine rings is 3. The highest BCUT2D eigenvalue weighted by atomic mass is 32.1. The molecule has 3 fully saturated rings. The number of carbonyl (C=O) groups excluding carboxylic acids is 1. The number of carbonyl (C=O) groups is 1. The van der Waals surface area contributed by atoms with E-state index >= 15 is 0 Å². The van der Waals surface area contributed by atoms with E-state index in [1.165, 1.54) is 0 Å². The molecule has 2 aromatic rings. The predicted molar refractivity (Wildman–Crippen MR) is 97.4 cm³/mol. The predicted octanol–water partition coefficient (Wildman–Crippen LogP) is 4.45. The lowest BCUT2D eigenvalue weighted by molar-refractivity contribution is -0.0189. The first-order valence-electron chi connectivity index (χ1n) is 8.53. The number of fused-ring (bicyclic) bond motifs is 3. The maximum absolute atomic E-state index is 12.3. The van der Waals surface area contributed by atoms with Gasteiger partial charge in [-0.1, -0.05) is 30.3 Å². The quantitative estimate of drug-likeness (QED) is 0.892. The van der Waals surface area contributed by atoms with Crippen molar-refractivity contribution in [1.82, 2.24) is 4.90 Å². The summed E-state index contributed by atoms with van der Waals surface area (Å²) in [6, 6.07) is 12.0. The van der Waals surface area contributed by atoms with Crippen molar-refractivity contribution in [1.29, 1.82) is 0 Å². The molecule has 4 nitrogen and oxygen atoms in total. The third kappa shape index (κ3) is 3.19. The molecular formula is C19H22N2O2S. The number of thiophene rings is 1. The van der Waals surface area contributed by atoms with Gasteiger partial charge in [0.15, 0.2) is 0 Å². The molecule has 1 N–H and O–H groups in total. The lowest BCUT2D eigenvalue weighted by Crippen LogP contribution is -2.50. The highest BCUT2D eigenvalue weighted by Gasteiger charge is 2.40. The van der Waals surface area contributed by atoms with Crippen LogP contribution >= 0.6 is 11.3 Å². The van der Waals surface area contributed by atoms with Crippen LogP contribution in [0.4, 0.5) is 10.5 Å². The van der Waals surface area contributed by atoms with E-state index in [9.17, 15) is 4.79 Å². The normalized spacial score (nSPS) is 25.4. The van der Waals surface area contributed by atoms with Crippen molar-refractivity contribution in [2.24, 2.45) is 5.41 Å². The number of amides is 1. The second-order valence-corrected chi connectivity index (χ2v) is 7.74. The van der Waals surface area contributed by atoms with Crippen molar-refractivity contribution in [3.05, 3.63) is 41.8 Å². The van der Waals surface area contributed by atoms with Crippen molar-refractivity contribution >= 4 is 23.1 Å². The average molecular weight is 342 g/mol. The smallest absolute Gasteiger partial charge is 0.411 e. The van der Waals surface area contributed by atoms with Gasteiger partial charge in [-0.05, 0) is 55.9 Å². The van der Waals surface area contributed by atoms with Crippen LogP contribution in [0.25, 0.3) is 10.4 Å². The Labute approximate surface area is 146 Å². The van der Waals surface area contributed by atoms with Gasteiger partial charge in [-0.15, -0.1) is 11.3 Å². The number of anilines is 1. The van der Waals surface area contributed by atoms with E-state index in [0.717, 1.165) is 55.0 Å². The SMILES string of the molecule is O=C(Nc1ccsc1-c1ccccc1)OCC12CCN(CC1)CC2. The molecule has 3 saturated heterocycles. The fourth-order valence-corrected chi connectivity index (χ4v) is 4.56. The molecule has 126 valence electrons. The Bertz CT molecular complexity index is 691. The molecule has 0 atom stereocenters. The van der Waals surface area contributed by atoms with Crippen LogP contribution < -0.4 is 5.32 Å². The van der Waals surface area contributed by atoms with Gasteiger partial charge in [0, 0.05) is 5.41 Å². The highest BCUT2D eigenvalue weighted by Crippen LogP contribution is 2.40. The Hall–Kier alpha value is -1.85. The second-order valence-electron chi connectivity index (χ2n) is 6.82. The van der Waals surface area contributed by atoms with Gasteiger partial charge in [-0.25, -0.2) is 4.79 Å². The van der Waals surface area contributed by atoms with Gasteiger partial charge in [-0.2, -0.15) is 0 Å². The molecule has 1 aromatic heterocycles. The molecule has 0 aliphatic carbocycles. The van der Waals surface area contributed by atoms with Crippen LogP contribution in [0.15, 0.2) is 41.8 Å². The molecule has 24 heavy (non-hydrogen) atoms. The van der Waals surface area contributed by atoms with Crippen molar-refractivity contribution < 1.29 is 9.53 Å². The summed E-state index contributed by atoms with van der Waals surface area (Å²) in [6.07, 6.45) is 3.10. The second kappa shape index (κ2) is 6.57. The van der Waals surface area contributed by atoms with Crippen LogP contribution in [-0.2, 0) is 4.74 Å². The summed E-state index contributed by atoms with van der Waals surface area (Å²) in [5.41, 5.74) is 2.15. The molecule has 1 amide bonds. The molecule has 1 aromatic carbocycles. The topological polar surface area (TPSA) is 41.6 Å². The Balaban J connectivity index is 1.38. The molecule has 5 rings (SSSR count). The number of nitrogens with one attached hydrogen (secondary N) is 1. The lowest BCUT2D eigenvalue weighted by Gasteiger charge is -2.47. The Morgan fingerprint density at radius 3 is 2.54 bits per heavy atom. The van der Waals surface area contributed by atoms with Gasteiger partial charge in [-0.3, -0.25) is 5.32 Å². The third-order valence-corrected chi connectivity index (χ3v) is 6.29. The van der Waals surface area contributed by atoms with Crippen LogP contribution in [0.5, 0.6) is 0 Å². The summed E-state index contributed by atoms with van der Waals surface area (Å²) in [5.74, 6) is 0. The van der Waals surface area contributed by atoms with Gasteiger partial charge in [0.05, 0.1) is 17.2 Å². The van der Waals surface area contributed by atoms with E-state index in [1.807, 2.05) is 29.6 Å². The molecule has 0 radical (unpaired) electrons. The molecule has 0 unspecified atom stereocenters.